The van der Waals surface area contributed by atoms with Crippen LogP contribution in [0.5, 0.6) is 0 Å². The molecule has 1 aliphatic heterocycles. The lowest BCUT2D eigenvalue weighted by molar-refractivity contribution is -0.700. The predicted octanol–water partition coefficient (Wildman–Crippen LogP) is 5.96. The molecule has 1 saturated heterocycles. The largest absolute Gasteiger partial charge is 0.368 e. The Bertz CT molecular complexity index is 1680. The van der Waals surface area contributed by atoms with Crippen LogP contribution in [-0.2, 0) is 11.3 Å². The molecule has 0 bridgehead atoms. The number of benzene rings is 4. The number of hydrogen-bond donors (Lipinski definition) is 2. The zero-order valence-electron chi connectivity index (χ0n) is 23.0. The minimum absolute atomic E-state index is 0.0577. The van der Waals surface area contributed by atoms with Gasteiger partial charge in [-0.1, -0.05) is 58.4 Å². The molecule has 212 valence electrons. The standard InChI is InChI=1S/C33H30BrN5O2S/c34-26-12-10-25(11-13-26)32(41)38-20-18-37(19-21-38)28-16-14-27(15-17-28)35-31(40)23-42-33-36-29-8-4-5-9-30(29)39(33)22-24-6-2-1-3-7-24/h1-17H,18-23H2,(H,35,40)/p+1. The Morgan fingerprint density at radius 2 is 1.52 bits per heavy atom. The molecule has 9 heteroatoms. The highest BCUT2D eigenvalue weighted by atomic mass is 79.9. The number of carbonyl (C=O) groups excluding carboxylic acids is 2. The van der Waals surface area contributed by atoms with Gasteiger partial charge in [-0.3, -0.25) is 9.59 Å². The number of hydrogen-bond acceptors (Lipinski definition) is 4. The Balaban J connectivity index is 1.03. The number of rotatable bonds is 8. The SMILES string of the molecule is O=C(CSc1[nH]c2ccccc2[n+]1Cc1ccccc1)Nc1ccc(N2CCN(C(=O)c3ccc(Br)cc3)CC2)cc1. The number of H-pyrrole nitrogens is 1. The van der Waals surface area contributed by atoms with E-state index in [4.69, 9.17) is 0 Å². The first-order valence-electron chi connectivity index (χ1n) is 13.9. The van der Waals surface area contributed by atoms with E-state index >= 15 is 0 Å². The van der Waals surface area contributed by atoms with Gasteiger partial charge in [0, 0.05) is 47.6 Å². The Labute approximate surface area is 257 Å². The number of carbonyl (C=O) groups is 2. The van der Waals surface area contributed by atoms with Crippen LogP contribution in [0.2, 0.25) is 0 Å². The van der Waals surface area contributed by atoms with Crippen LogP contribution >= 0.6 is 27.7 Å². The van der Waals surface area contributed by atoms with Crippen molar-refractivity contribution in [2.24, 2.45) is 0 Å². The fourth-order valence-electron chi connectivity index (χ4n) is 5.17. The molecule has 0 spiro atoms. The van der Waals surface area contributed by atoms with Crippen LogP contribution < -0.4 is 14.8 Å². The monoisotopic (exact) mass is 640 g/mol. The lowest BCUT2D eigenvalue weighted by Gasteiger charge is -2.36. The summed E-state index contributed by atoms with van der Waals surface area (Å²) in [4.78, 5) is 33.4. The Hall–Kier alpha value is -4.08. The molecule has 7 nitrogen and oxygen atoms in total. The van der Waals surface area contributed by atoms with E-state index in [1.54, 1.807) is 0 Å². The predicted molar refractivity (Wildman–Crippen MR) is 172 cm³/mol. The van der Waals surface area contributed by atoms with Crippen LogP contribution in [0.4, 0.5) is 11.4 Å². The molecular formula is C33H31BrN5O2S+. The number of aromatic amines is 1. The van der Waals surface area contributed by atoms with Gasteiger partial charge in [-0.2, -0.15) is 0 Å². The summed E-state index contributed by atoms with van der Waals surface area (Å²) in [5.41, 5.74) is 5.92. The highest BCUT2D eigenvalue weighted by Gasteiger charge is 2.23. The number of fused-ring (bicyclic) bond motifs is 1. The number of para-hydroxylation sites is 2. The van der Waals surface area contributed by atoms with E-state index in [1.165, 1.54) is 17.3 Å². The van der Waals surface area contributed by atoms with Crippen molar-refractivity contribution in [2.45, 2.75) is 11.7 Å². The molecule has 4 aromatic carbocycles. The van der Waals surface area contributed by atoms with Crippen molar-refractivity contribution in [3.63, 3.8) is 0 Å². The van der Waals surface area contributed by atoms with E-state index < -0.39 is 0 Å². The van der Waals surface area contributed by atoms with Gasteiger partial charge < -0.3 is 15.1 Å². The topological polar surface area (TPSA) is 72.3 Å². The van der Waals surface area contributed by atoms with Crippen molar-refractivity contribution in [1.82, 2.24) is 9.88 Å². The summed E-state index contributed by atoms with van der Waals surface area (Å²) in [5, 5.41) is 3.98. The van der Waals surface area contributed by atoms with Crippen molar-refractivity contribution < 1.29 is 14.2 Å². The summed E-state index contributed by atoms with van der Waals surface area (Å²) in [5.74, 6) is 0.298. The lowest BCUT2D eigenvalue weighted by Crippen LogP contribution is -2.48. The maximum Gasteiger partial charge on any atom is 0.317 e. The van der Waals surface area contributed by atoms with Crippen molar-refractivity contribution in [3.8, 4) is 0 Å². The highest BCUT2D eigenvalue weighted by molar-refractivity contribution is 9.10. The van der Waals surface area contributed by atoms with Gasteiger partial charge in [0.25, 0.3) is 5.91 Å². The number of piperazine rings is 1. The third-order valence-electron chi connectivity index (χ3n) is 7.38. The smallest absolute Gasteiger partial charge is 0.317 e. The first-order valence-corrected chi connectivity index (χ1v) is 15.7. The maximum atomic E-state index is 12.9. The summed E-state index contributed by atoms with van der Waals surface area (Å²) in [6.45, 7) is 3.59. The van der Waals surface area contributed by atoms with E-state index in [0.717, 1.165) is 51.7 Å². The van der Waals surface area contributed by atoms with Gasteiger partial charge in [0.15, 0.2) is 11.0 Å². The number of nitrogens with zero attached hydrogens (tertiary/aromatic N) is 3. The number of amides is 2. The van der Waals surface area contributed by atoms with Crippen LogP contribution in [0.3, 0.4) is 0 Å². The molecule has 6 rings (SSSR count). The van der Waals surface area contributed by atoms with E-state index in [9.17, 15) is 9.59 Å². The first kappa shape index (κ1) is 28.1. The van der Waals surface area contributed by atoms with E-state index in [0.29, 0.717) is 18.7 Å². The number of nitrogens with one attached hydrogen (secondary N) is 2. The Kier molecular flexibility index (Phi) is 8.58. The zero-order chi connectivity index (χ0) is 28.9. The minimum Gasteiger partial charge on any atom is -0.368 e. The number of imidazole rings is 1. The molecular weight excluding hydrogens is 610 g/mol. The molecule has 42 heavy (non-hydrogen) atoms. The summed E-state index contributed by atoms with van der Waals surface area (Å²) >= 11 is 4.92. The Morgan fingerprint density at radius 1 is 0.833 bits per heavy atom. The molecule has 5 aromatic rings. The molecule has 0 unspecified atom stereocenters. The fourth-order valence-corrected chi connectivity index (χ4v) is 6.28. The van der Waals surface area contributed by atoms with Crippen LogP contribution in [-0.4, -0.2) is 53.6 Å². The summed E-state index contributed by atoms with van der Waals surface area (Å²) in [6, 6.07) is 34.0. The van der Waals surface area contributed by atoms with E-state index in [-0.39, 0.29) is 17.6 Å². The summed E-state index contributed by atoms with van der Waals surface area (Å²) in [7, 11) is 0. The number of anilines is 2. The molecule has 2 heterocycles. The van der Waals surface area contributed by atoms with Crippen LogP contribution in [0.25, 0.3) is 11.0 Å². The van der Waals surface area contributed by atoms with Gasteiger partial charge in [0.2, 0.25) is 5.91 Å². The van der Waals surface area contributed by atoms with Crippen molar-refractivity contribution in [2.75, 3.05) is 42.1 Å². The second-order valence-corrected chi connectivity index (χ2v) is 12.1. The van der Waals surface area contributed by atoms with E-state index in [2.05, 4.69) is 60.0 Å². The molecule has 0 radical (unpaired) electrons. The lowest BCUT2D eigenvalue weighted by atomic mass is 10.1. The number of aromatic nitrogens is 2. The molecule has 2 N–H and O–H groups in total. The van der Waals surface area contributed by atoms with Crippen molar-refractivity contribution >= 4 is 61.9 Å². The quantitative estimate of drug-likeness (QED) is 0.162. The summed E-state index contributed by atoms with van der Waals surface area (Å²) in [6.07, 6.45) is 0. The highest BCUT2D eigenvalue weighted by Crippen LogP contribution is 2.22. The third-order valence-corrected chi connectivity index (χ3v) is 8.91. The van der Waals surface area contributed by atoms with Crippen molar-refractivity contribution in [3.05, 3.63) is 119 Å². The molecule has 0 aliphatic carbocycles. The number of halogens is 1. The zero-order valence-corrected chi connectivity index (χ0v) is 25.4. The molecule has 2 amide bonds. The molecule has 1 fully saturated rings. The van der Waals surface area contributed by atoms with Gasteiger partial charge in [-0.25, -0.2) is 9.55 Å². The van der Waals surface area contributed by atoms with Crippen LogP contribution in [0, 0.1) is 0 Å². The molecule has 1 aromatic heterocycles. The van der Waals surface area contributed by atoms with Crippen LogP contribution in [0.15, 0.2) is 113 Å². The molecule has 0 atom stereocenters. The van der Waals surface area contributed by atoms with Crippen molar-refractivity contribution in [1.29, 1.82) is 0 Å². The average molecular weight is 642 g/mol. The first-order chi connectivity index (χ1) is 20.5. The van der Waals surface area contributed by atoms with Gasteiger partial charge in [-0.05, 0) is 78.0 Å². The van der Waals surface area contributed by atoms with E-state index in [1.807, 2.05) is 83.8 Å². The van der Waals surface area contributed by atoms with Gasteiger partial charge in [0.1, 0.15) is 6.54 Å². The van der Waals surface area contributed by atoms with Crippen LogP contribution in [0.1, 0.15) is 15.9 Å². The fraction of sp³-hybridized carbons (Fsp3) is 0.182. The third kappa shape index (κ3) is 6.53. The van der Waals surface area contributed by atoms with Gasteiger partial charge in [0.05, 0.1) is 5.75 Å². The molecule has 1 aliphatic rings. The maximum absolute atomic E-state index is 12.9. The van der Waals surface area contributed by atoms with Gasteiger partial charge >= 0.3 is 5.16 Å². The Morgan fingerprint density at radius 3 is 2.26 bits per heavy atom. The second-order valence-electron chi connectivity index (χ2n) is 10.2. The molecule has 0 saturated carbocycles. The second kappa shape index (κ2) is 12.8. The normalized spacial score (nSPS) is 13.4. The average Bonchev–Trinajstić information content (AvgIpc) is 3.38. The number of thioether (sulfide) groups is 1. The minimum atomic E-state index is -0.0577. The summed E-state index contributed by atoms with van der Waals surface area (Å²) < 4.78 is 3.19. The van der Waals surface area contributed by atoms with Gasteiger partial charge in [-0.15, -0.1) is 0 Å².